The zero-order valence-corrected chi connectivity index (χ0v) is 22.4. The monoisotopic (exact) mass is 540 g/mol. The van der Waals surface area contributed by atoms with E-state index in [-0.39, 0.29) is 24.2 Å². The number of ether oxygens (including phenoxy) is 3. The number of nitrogens with zero attached hydrogens (tertiary/aromatic N) is 1. The summed E-state index contributed by atoms with van der Waals surface area (Å²) in [6.07, 6.45) is 0. The van der Waals surface area contributed by atoms with Crippen molar-refractivity contribution in [1.82, 2.24) is 4.90 Å². The normalized spacial score (nSPS) is 16.2. The molecular formula is C32H29FN2O5. The topological polar surface area (TPSA) is 77.1 Å². The van der Waals surface area contributed by atoms with E-state index in [0.717, 1.165) is 11.1 Å². The molecule has 2 atom stereocenters. The standard InChI is InChI=1S/C32H29FN2O5/c1-38-23-14-10-21(11-15-23)30-29(31(36)34-27-18-24(39-2)16-17-28(27)40-3)25-6-4-5-7-26(25)32(37)35(30)19-20-8-12-22(33)13-9-20/h4-18,29-30H,19H2,1-3H3,(H,34,36)/t29-,30+/m1/s1. The van der Waals surface area contributed by atoms with Gasteiger partial charge < -0.3 is 24.4 Å². The molecule has 0 fully saturated rings. The summed E-state index contributed by atoms with van der Waals surface area (Å²) in [7, 11) is 4.65. The number of methoxy groups -OCH3 is 3. The molecule has 204 valence electrons. The molecule has 1 aliphatic rings. The van der Waals surface area contributed by atoms with Crippen molar-refractivity contribution in [3.8, 4) is 17.2 Å². The Morgan fingerprint density at radius 2 is 1.52 bits per heavy atom. The molecule has 2 amide bonds. The van der Waals surface area contributed by atoms with Crippen LogP contribution in [0.15, 0.2) is 91.0 Å². The van der Waals surface area contributed by atoms with Crippen molar-refractivity contribution in [3.63, 3.8) is 0 Å². The van der Waals surface area contributed by atoms with Crippen molar-refractivity contribution in [1.29, 1.82) is 0 Å². The maximum Gasteiger partial charge on any atom is 0.255 e. The first kappa shape index (κ1) is 26.7. The van der Waals surface area contributed by atoms with E-state index in [4.69, 9.17) is 14.2 Å². The fourth-order valence-electron chi connectivity index (χ4n) is 5.13. The molecule has 0 saturated carbocycles. The highest BCUT2D eigenvalue weighted by Crippen LogP contribution is 2.45. The molecule has 0 unspecified atom stereocenters. The Labute approximate surface area is 232 Å². The predicted octanol–water partition coefficient (Wildman–Crippen LogP) is 5.97. The van der Waals surface area contributed by atoms with Crippen LogP contribution in [-0.2, 0) is 11.3 Å². The summed E-state index contributed by atoms with van der Waals surface area (Å²) < 4.78 is 29.9. The fourth-order valence-corrected chi connectivity index (χ4v) is 5.13. The zero-order chi connectivity index (χ0) is 28.2. The molecule has 0 aromatic heterocycles. The lowest BCUT2D eigenvalue weighted by Crippen LogP contribution is -2.45. The molecule has 4 aromatic rings. The first-order valence-corrected chi connectivity index (χ1v) is 12.7. The summed E-state index contributed by atoms with van der Waals surface area (Å²) in [6.45, 7) is 0.177. The van der Waals surface area contributed by atoms with Gasteiger partial charge in [-0.15, -0.1) is 0 Å². The number of anilines is 1. The molecule has 0 saturated heterocycles. The second-order valence-corrected chi connectivity index (χ2v) is 9.40. The van der Waals surface area contributed by atoms with Crippen LogP contribution in [0.25, 0.3) is 0 Å². The highest BCUT2D eigenvalue weighted by molar-refractivity contribution is 6.05. The van der Waals surface area contributed by atoms with Gasteiger partial charge in [-0.3, -0.25) is 9.59 Å². The predicted molar refractivity (Wildman–Crippen MR) is 149 cm³/mol. The van der Waals surface area contributed by atoms with Crippen molar-refractivity contribution >= 4 is 17.5 Å². The quantitative estimate of drug-likeness (QED) is 0.298. The summed E-state index contributed by atoms with van der Waals surface area (Å²) >= 11 is 0. The second-order valence-electron chi connectivity index (χ2n) is 9.40. The number of carbonyl (C=O) groups excluding carboxylic acids is 2. The van der Waals surface area contributed by atoms with Gasteiger partial charge in [0.05, 0.1) is 39.0 Å². The van der Waals surface area contributed by atoms with Crippen molar-refractivity contribution in [2.75, 3.05) is 26.6 Å². The number of nitrogens with one attached hydrogen (secondary N) is 1. The van der Waals surface area contributed by atoms with Crippen LogP contribution in [0.4, 0.5) is 10.1 Å². The number of benzene rings is 4. The Balaban J connectivity index is 1.64. The van der Waals surface area contributed by atoms with Crippen LogP contribution in [0.2, 0.25) is 0 Å². The average Bonchev–Trinajstić information content (AvgIpc) is 2.99. The van der Waals surface area contributed by atoms with Crippen LogP contribution in [0.5, 0.6) is 17.2 Å². The highest BCUT2D eigenvalue weighted by Gasteiger charge is 2.44. The van der Waals surface area contributed by atoms with Gasteiger partial charge in [-0.05, 0) is 59.2 Å². The van der Waals surface area contributed by atoms with E-state index in [1.54, 1.807) is 73.7 Å². The molecule has 8 heteroatoms. The number of hydrogen-bond acceptors (Lipinski definition) is 5. The van der Waals surface area contributed by atoms with E-state index in [1.165, 1.54) is 19.2 Å². The van der Waals surface area contributed by atoms with Gasteiger partial charge in [-0.1, -0.05) is 42.5 Å². The number of amides is 2. The molecule has 1 aliphatic heterocycles. The molecule has 0 bridgehead atoms. The third-order valence-corrected chi connectivity index (χ3v) is 7.11. The summed E-state index contributed by atoms with van der Waals surface area (Å²) in [6, 6.07) is 24.9. The van der Waals surface area contributed by atoms with Gasteiger partial charge in [0, 0.05) is 18.2 Å². The average molecular weight is 541 g/mol. The van der Waals surface area contributed by atoms with Crippen LogP contribution in [0.3, 0.4) is 0 Å². The van der Waals surface area contributed by atoms with Crippen LogP contribution >= 0.6 is 0 Å². The van der Waals surface area contributed by atoms with E-state index in [1.807, 2.05) is 24.3 Å². The van der Waals surface area contributed by atoms with Gasteiger partial charge >= 0.3 is 0 Å². The Morgan fingerprint density at radius 1 is 0.850 bits per heavy atom. The Bertz CT molecular complexity index is 1520. The van der Waals surface area contributed by atoms with Crippen molar-refractivity contribution in [2.24, 2.45) is 0 Å². The number of rotatable bonds is 8. The molecular weight excluding hydrogens is 511 g/mol. The van der Waals surface area contributed by atoms with Gasteiger partial charge in [-0.2, -0.15) is 0 Å². The van der Waals surface area contributed by atoms with Crippen LogP contribution < -0.4 is 19.5 Å². The maximum absolute atomic E-state index is 14.2. The Morgan fingerprint density at radius 3 is 2.20 bits per heavy atom. The maximum atomic E-state index is 14.2. The second kappa shape index (κ2) is 11.5. The molecule has 0 aliphatic carbocycles. The molecule has 7 nitrogen and oxygen atoms in total. The van der Waals surface area contributed by atoms with E-state index in [0.29, 0.717) is 34.1 Å². The lowest BCUT2D eigenvalue weighted by atomic mass is 9.79. The van der Waals surface area contributed by atoms with E-state index < -0.39 is 12.0 Å². The van der Waals surface area contributed by atoms with Crippen molar-refractivity contribution in [3.05, 3.63) is 119 Å². The largest absolute Gasteiger partial charge is 0.497 e. The van der Waals surface area contributed by atoms with Crippen molar-refractivity contribution < 1.29 is 28.2 Å². The minimum Gasteiger partial charge on any atom is -0.497 e. The summed E-state index contributed by atoms with van der Waals surface area (Å²) in [5, 5.41) is 3.02. The minimum absolute atomic E-state index is 0.177. The first-order chi connectivity index (χ1) is 19.4. The molecule has 0 radical (unpaired) electrons. The summed E-state index contributed by atoms with van der Waals surface area (Å²) in [5.74, 6) is -0.00830. The van der Waals surface area contributed by atoms with Gasteiger partial charge in [-0.25, -0.2) is 4.39 Å². The van der Waals surface area contributed by atoms with E-state index in [9.17, 15) is 14.0 Å². The smallest absolute Gasteiger partial charge is 0.255 e. The fraction of sp³-hybridized carbons (Fsp3) is 0.188. The Hall–Kier alpha value is -4.85. The number of hydrogen-bond donors (Lipinski definition) is 1. The van der Waals surface area contributed by atoms with Gasteiger partial charge in [0.2, 0.25) is 5.91 Å². The third-order valence-electron chi connectivity index (χ3n) is 7.11. The number of halogens is 1. The number of fused-ring (bicyclic) bond motifs is 1. The van der Waals surface area contributed by atoms with Crippen LogP contribution in [-0.4, -0.2) is 38.0 Å². The lowest BCUT2D eigenvalue weighted by molar-refractivity contribution is -0.119. The van der Waals surface area contributed by atoms with Gasteiger partial charge in [0.15, 0.2) is 0 Å². The summed E-state index contributed by atoms with van der Waals surface area (Å²) in [4.78, 5) is 29.9. The third kappa shape index (κ3) is 5.20. The van der Waals surface area contributed by atoms with E-state index >= 15 is 0 Å². The molecule has 40 heavy (non-hydrogen) atoms. The van der Waals surface area contributed by atoms with Crippen LogP contribution in [0.1, 0.15) is 39.0 Å². The van der Waals surface area contributed by atoms with E-state index in [2.05, 4.69) is 5.32 Å². The highest BCUT2D eigenvalue weighted by atomic mass is 19.1. The van der Waals surface area contributed by atoms with Crippen LogP contribution in [0, 0.1) is 5.82 Å². The van der Waals surface area contributed by atoms with Crippen molar-refractivity contribution in [2.45, 2.75) is 18.5 Å². The zero-order valence-electron chi connectivity index (χ0n) is 22.4. The molecule has 5 rings (SSSR count). The summed E-state index contributed by atoms with van der Waals surface area (Å²) in [5.41, 5.74) is 2.99. The molecule has 4 aromatic carbocycles. The molecule has 0 spiro atoms. The lowest BCUT2D eigenvalue weighted by Gasteiger charge is -2.42. The number of carbonyl (C=O) groups is 2. The molecule has 1 N–H and O–H groups in total. The molecule has 1 heterocycles. The van der Waals surface area contributed by atoms with Gasteiger partial charge in [0.1, 0.15) is 23.1 Å². The minimum atomic E-state index is -0.779. The SMILES string of the molecule is COc1ccc([C@H]2[C@H](C(=O)Nc3cc(OC)ccc3OC)c3ccccc3C(=O)N2Cc2ccc(F)cc2)cc1. The van der Waals surface area contributed by atoms with Gasteiger partial charge in [0.25, 0.3) is 5.91 Å². The Kier molecular flexibility index (Phi) is 7.68. The first-order valence-electron chi connectivity index (χ1n) is 12.7.